The van der Waals surface area contributed by atoms with E-state index in [0.717, 1.165) is 45.6 Å². The topological polar surface area (TPSA) is 32.7 Å². The third-order valence-corrected chi connectivity index (χ3v) is 2.96. The average Bonchev–Trinajstić information content (AvgIpc) is 2.21. The summed E-state index contributed by atoms with van der Waals surface area (Å²) in [5.41, 5.74) is 0. The largest absolute Gasteiger partial charge is 0.391 e. The number of hydrogen-bond donors (Lipinski definition) is 1. The van der Waals surface area contributed by atoms with Gasteiger partial charge in [-0.25, -0.2) is 0 Å². The predicted molar refractivity (Wildman–Crippen MR) is 57.4 cm³/mol. The van der Waals surface area contributed by atoms with Crippen molar-refractivity contribution in [3.05, 3.63) is 0 Å². The molecule has 3 heteroatoms. The molecule has 1 aliphatic heterocycles. The molecule has 0 radical (unpaired) electrons. The summed E-state index contributed by atoms with van der Waals surface area (Å²) in [4.78, 5) is 2.36. The van der Waals surface area contributed by atoms with E-state index in [1.807, 2.05) is 0 Å². The van der Waals surface area contributed by atoms with Gasteiger partial charge in [0.1, 0.15) is 0 Å². The molecular formula is C11H23NO2. The van der Waals surface area contributed by atoms with Crippen molar-refractivity contribution in [3.8, 4) is 0 Å². The van der Waals surface area contributed by atoms with Gasteiger partial charge in [0, 0.05) is 19.1 Å². The zero-order valence-electron chi connectivity index (χ0n) is 9.41. The second kappa shape index (κ2) is 6.38. The maximum Gasteiger partial charge on any atom is 0.0695 e. The number of nitrogens with zero attached hydrogens (tertiary/aromatic N) is 1. The van der Waals surface area contributed by atoms with E-state index in [-0.39, 0.29) is 6.10 Å². The number of aliphatic hydroxyl groups excluding tert-OH is 1. The summed E-state index contributed by atoms with van der Waals surface area (Å²) in [7, 11) is 0. The van der Waals surface area contributed by atoms with Gasteiger partial charge in [-0.05, 0) is 12.8 Å². The van der Waals surface area contributed by atoms with Crippen molar-refractivity contribution in [1.82, 2.24) is 4.90 Å². The van der Waals surface area contributed by atoms with Crippen LogP contribution >= 0.6 is 0 Å². The Labute approximate surface area is 87.1 Å². The van der Waals surface area contributed by atoms with Gasteiger partial charge < -0.3 is 9.84 Å². The van der Waals surface area contributed by atoms with Gasteiger partial charge in [0.25, 0.3) is 0 Å². The van der Waals surface area contributed by atoms with Crippen molar-refractivity contribution < 1.29 is 9.84 Å². The van der Waals surface area contributed by atoms with Crippen LogP contribution in [-0.4, -0.2) is 48.5 Å². The van der Waals surface area contributed by atoms with Crippen LogP contribution in [-0.2, 0) is 4.74 Å². The van der Waals surface area contributed by atoms with Crippen molar-refractivity contribution in [1.29, 1.82) is 0 Å². The second-order valence-electron chi connectivity index (χ2n) is 3.98. The third-order valence-electron chi connectivity index (χ3n) is 2.96. The van der Waals surface area contributed by atoms with Crippen molar-refractivity contribution >= 4 is 0 Å². The van der Waals surface area contributed by atoms with Crippen molar-refractivity contribution in [3.63, 3.8) is 0 Å². The molecule has 0 aromatic rings. The number of rotatable bonds is 5. The highest BCUT2D eigenvalue weighted by Crippen LogP contribution is 2.14. The van der Waals surface area contributed by atoms with Gasteiger partial charge in [-0.1, -0.05) is 20.3 Å². The molecule has 1 saturated heterocycles. The summed E-state index contributed by atoms with van der Waals surface area (Å²) in [5.74, 6) is 0. The van der Waals surface area contributed by atoms with E-state index < -0.39 is 0 Å². The maximum atomic E-state index is 9.98. The van der Waals surface area contributed by atoms with E-state index in [2.05, 4.69) is 18.7 Å². The molecule has 3 nitrogen and oxygen atoms in total. The van der Waals surface area contributed by atoms with Crippen molar-refractivity contribution in [2.45, 2.75) is 45.3 Å². The zero-order chi connectivity index (χ0) is 10.4. The number of ether oxygens (including phenoxy) is 1. The minimum Gasteiger partial charge on any atom is -0.391 e. The molecule has 0 aliphatic carbocycles. The Kier molecular flexibility index (Phi) is 5.45. The molecule has 1 aliphatic rings. The summed E-state index contributed by atoms with van der Waals surface area (Å²) >= 11 is 0. The van der Waals surface area contributed by atoms with Crippen molar-refractivity contribution in [2.75, 3.05) is 26.3 Å². The first kappa shape index (κ1) is 12.0. The summed E-state index contributed by atoms with van der Waals surface area (Å²) < 4.78 is 5.31. The van der Waals surface area contributed by atoms with E-state index in [0.29, 0.717) is 6.04 Å². The average molecular weight is 201 g/mol. The van der Waals surface area contributed by atoms with Crippen LogP contribution in [0.3, 0.4) is 0 Å². The van der Waals surface area contributed by atoms with Crippen LogP contribution in [0.2, 0.25) is 0 Å². The van der Waals surface area contributed by atoms with E-state index in [1.54, 1.807) is 0 Å². The minimum atomic E-state index is -0.164. The molecule has 1 N–H and O–H groups in total. The minimum absolute atomic E-state index is 0.164. The Bertz CT molecular complexity index is 146. The van der Waals surface area contributed by atoms with Crippen molar-refractivity contribution in [2.24, 2.45) is 0 Å². The Morgan fingerprint density at radius 1 is 1.29 bits per heavy atom. The summed E-state index contributed by atoms with van der Waals surface area (Å²) in [5, 5.41) is 9.98. The molecule has 1 rings (SSSR count). The molecule has 84 valence electrons. The lowest BCUT2D eigenvalue weighted by molar-refractivity contribution is -0.0249. The number of morpholine rings is 1. The van der Waals surface area contributed by atoms with E-state index >= 15 is 0 Å². The lowest BCUT2D eigenvalue weighted by atomic mass is 10.0. The molecule has 0 spiro atoms. The normalized spacial score (nSPS) is 23.4. The fraction of sp³-hybridized carbons (Fsp3) is 1.00. The molecule has 1 fully saturated rings. The highest BCUT2D eigenvalue weighted by molar-refractivity contribution is 4.79. The molecule has 2 unspecified atom stereocenters. The van der Waals surface area contributed by atoms with Crippen LogP contribution in [0, 0.1) is 0 Å². The predicted octanol–water partition coefficient (Wildman–Crippen LogP) is 1.26. The highest BCUT2D eigenvalue weighted by atomic mass is 16.5. The summed E-state index contributed by atoms with van der Waals surface area (Å²) in [6, 6.07) is 0.332. The van der Waals surface area contributed by atoms with Gasteiger partial charge in [0.05, 0.1) is 19.3 Å². The maximum absolute atomic E-state index is 9.98. The Morgan fingerprint density at radius 2 is 1.93 bits per heavy atom. The van der Waals surface area contributed by atoms with Crippen LogP contribution < -0.4 is 0 Å². The molecule has 14 heavy (non-hydrogen) atoms. The summed E-state index contributed by atoms with van der Waals surface area (Å²) in [6.45, 7) is 7.84. The van der Waals surface area contributed by atoms with Gasteiger partial charge in [-0.15, -0.1) is 0 Å². The monoisotopic (exact) mass is 201 g/mol. The van der Waals surface area contributed by atoms with Crippen LogP contribution in [0.25, 0.3) is 0 Å². The fourth-order valence-corrected chi connectivity index (χ4v) is 2.17. The lowest BCUT2D eigenvalue weighted by Crippen LogP contribution is -2.48. The zero-order valence-corrected chi connectivity index (χ0v) is 9.41. The van der Waals surface area contributed by atoms with E-state index in [1.165, 1.54) is 0 Å². The van der Waals surface area contributed by atoms with Gasteiger partial charge in [0.2, 0.25) is 0 Å². The summed E-state index contributed by atoms with van der Waals surface area (Å²) in [6.07, 6.45) is 2.84. The number of hydrogen-bond acceptors (Lipinski definition) is 3. The van der Waals surface area contributed by atoms with Crippen LogP contribution in [0.4, 0.5) is 0 Å². The van der Waals surface area contributed by atoms with Crippen LogP contribution in [0.1, 0.15) is 33.1 Å². The SMILES string of the molecule is CCCC(O)C(CC)N1CCOCC1. The standard InChI is InChI=1S/C11H23NO2/c1-3-5-11(13)10(4-2)12-6-8-14-9-7-12/h10-11,13H,3-9H2,1-2H3. The molecule has 0 bridgehead atoms. The first-order valence-corrected chi connectivity index (χ1v) is 5.79. The Morgan fingerprint density at radius 3 is 2.43 bits per heavy atom. The third kappa shape index (κ3) is 3.23. The second-order valence-corrected chi connectivity index (χ2v) is 3.98. The van der Waals surface area contributed by atoms with Gasteiger partial charge in [0.15, 0.2) is 0 Å². The van der Waals surface area contributed by atoms with E-state index in [9.17, 15) is 5.11 Å². The van der Waals surface area contributed by atoms with E-state index in [4.69, 9.17) is 4.74 Å². The molecule has 1 heterocycles. The first-order valence-electron chi connectivity index (χ1n) is 5.79. The fourth-order valence-electron chi connectivity index (χ4n) is 2.17. The quantitative estimate of drug-likeness (QED) is 0.727. The molecule has 0 aromatic heterocycles. The van der Waals surface area contributed by atoms with Gasteiger partial charge >= 0.3 is 0 Å². The molecular weight excluding hydrogens is 178 g/mol. The van der Waals surface area contributed by atoms with Crippen LogP contribution in [0.5, 0.6) is 0 Å². The number of aliphatic hydroxyl groups is 1. The molecule has 0 saturated carbocycles. The first-order chi connectivity index (χ1) is 6.79. The smallest absolute Gasteiger partial charge is 0.0695 e. The lowest BCUT2D eigenvalue weighted by Gasteiger charge is -2.36. The Balaban J connectivity index is 2.41. The highest BCUT2D eigenvalue weighted by Gasteiger charge is 2.25. The molecule has 2 atom stereocenters. The van der Waals surface area contributed by atoms with Gasteiger partial charge in [-0.2, -0.15) is 0 Å². The molecule has 0 amide bonds. The Hall–Kier alpha value is -0.120. The molecule has 0 aromatic carbocycles. The van der Waals surface area contributed by atoms with Gasteiger partial charge in [-0.3, -0.25) is 4.90 Å². The van der Waals surface area contributed by atoms with Crippen LogP contribution in [0.15, 0.2) is 0 Å².